The van der Waals surface area contributed by atoms with E-state index in [1.807, 2.05) is 12.1 Å². The van der Waals surface area contributed by atoms with E-state index >= 15 is 0 Å². The Balaban J connectivity index is 2.31. The van der Waals surface area contributed by atoms with Crippen LogP contribution < -0.4 is 10.6 Å². The Morgan fingerprint density at radius 2 is 1.70 bits per heavy atom. The molecule has 0 saturated heterocycles. The molecule has 1 unspecified atom stereocenters. The zero-order valence-corrected chi connectivity index (χ0v) is 18.2. The number of fused-ring (bicyclic) bond motifs is 1. The number of amides is 2. The molecule has 1 aromatic carbocycles. The molecule has 1 atom stereocenters. The predicted octanol–water partition coefficient (Wildman–Crippen LogP) is 3.96. The second-order valence-corrected chi connectivity index (χ2v) is 9.22. The molecule has 0 bridgehead atoms. The van der Waals surface area contributed by atoms with E-state index in [9.17, 15) is 19.5 Å². The zero-order chi connectivity index (χ0) is 22.7. The monoisotopic (exact) mass is 415 g/mol. The smallest absolute Gasteiger partial charge is 0.408 e. The van der Waals surface area contributed by atoms with E-state index in [0.29, 0.717) is 5.69 Å². The van der Waals surface area contributed by atoms with Crippen LogP contribution in [0.15, 0.2) is 36.7 Å². The van der Waals surface area contributed by atoms with Gasteiger partial charge in [-0.05, 0) is 71.5 Å². The summed E-state index contributed by atoms with van der Waals surface area (Å²) >= 11 is 0. The second kappa shape index (κ2) is 8.30. The Bertz CT molecular complexity index is 965. The number of pyridine rings is 1. The van der Waals surface area contributed by atoms with Crippen molar-refractivity contribution in [3.05, 3.63) is 36.7 Å². The number of aliphatic carboxylic acids is 1. The van der Waals surface area contributed by atoms with Crippen molar-refractivity contribution >= 4 is 34.4 Å². The zero-order valence-electron chi connectivity index (χ0n) is 18.2. The number of nitrogens with one attached hydrogen (secondary N) is 2. The van der Waals surface area contributed by atoms with Crippen molar-refractivity contribution in [3.8, 4) is 0 Å². The van der Waals surface area contributed by atoms with E-state index in [0.717, 1.165) is 10.8 Å². The van der Waals surface area contributed by atoms with Gasteiger partial charge in [0.25, 0.3) is 0 Å². The van der Waals surface area contributed by atoms with E-state index in [1.54, 1.807) is 45.3 Å². The molecule has 2 rings (SSSR count). The summed E-state index contributed by atoms with van der Waals surface area (Å²) < 4.78 is 5.28. The highest BCUT2D eigenvalue weighted by molar-refractivity contribution is 6.01. The number of rotatable bonds is 6. The van der Waals surface area contributed by atoms with Crippen molar-refractivity contribution in [3.63, 3.8) is 0 Å². The number of carboxylic acids is 1. The first kappa shape index (κ1) is 23.1. The minimum Gasteiger partial charge on any atom is -0.481 e. The van der Waals surface area contributed by atoms with Gasteiger partial charge in [-0.2, -0.15) is 0 Å². The Morgan fingerprint density at radius 3 is 2.30 bits per heavy atom. The number of carbonyl (C=O) groups excluding carboxylic acids is 2. The molecule has 1 heterocycles. The molecule has 2 amide bonds. The van der Waals surface area contributed by atoms with E-state index in [2.05, 4.69) is 15.6 Å². The first-order valence-electron chi connectivity index (χ1n) is 9.62. The molecule has 0 spiro atoms. The first-order chi connectivity index (χ1) is 13.7. The Kier molecular flexibility index (Phi) is 6.39. The van der Waals surface area contributed by atoms with Crippen LogP contribution in [0.2, 0.25) is 0 Å². The summed E-state index contributed by atoms with van der Waals surface area (Å²) in [6.07, 6.45) is 2.42. The summed E-state index contributed by atoms with van der Waals surface area (Å²) in [5.74, 6) is -1.62. The molecule has 162 valence electrons. The molecule has 0 fully saturated rings. The van der Waals surface area contributed by atoms with Gasteiger partial charge in [0.15, 0.2) is 0 Å². The number of benzene rings is 1. The maximum Gasteiger partial charge on any atom is 0.408 e. The molecule has 3 N–H and O–H groups in total. The number of hydrogen-bond acceptors (Lipinski definition) is 5. The number of hydrogen-bond donors (Lipinski definition) is 3. The SMILES string of the molecule is CC(C)(C)OC(=O)NC(C)(CC(C)(C)C(=O)O)C(=O)Nc1ccc2cnccc2c1. The number of alkyl carbamates (subject to hydrolysis) is 1. The average molecular weight is 415 g/mol. The summed E-state index contributed by atoms with van der Waals surface area (Å²) in [4.78, 5) is 41.3. The molecule has 8 heteroatoms. The van der Waals surface area contributed by atoms with Crippen LogP contribution in [0.5, 0.6) is 0 Å². The van der Waals surface area contributed by atoms with Crippen molar-refractivity contribution in [2.45, 2.75) is 59.1 Å². The van der Waals surface area contributed by atoms with Crippen molar-refractivity contribution in [2.24, 2.45) is 5.41 Å². The summed E-state index contributed by atoms with van der Waals surface area (Å²) in [5, 5.41) is 16.7. The number of aromatic nitrogens is 1. The quantitative estimate of drug-likeness (QED) is 0.657. The lowest BCUT2D eigenvalue weighted by molar-refractivity contribution is -0.148. The van der Waals surface area contributed by atoms with Crippen LogP contribution in [-0.2, 0) is 14.3 Å². The highest BCUT2D eigenvalue weighted by Gasteiger charge is 2.44. The van der Waals surface area contributed by atoms with Crippen molar-refractivity contribution in [1.29, 1.82) is 0 Å². The van der Waals surface area contributed by atoms with Crippen LogP contribution in [0.3, 0.4) is 0 Å². The predicted molar refractivity (Wildman–Crippen MR) is 114 cm³/mol. The van der Waals surface area contributed by atoms with Crippen LogP contribution in [0, 0.1) is 5.41 Å². The van der Waals surface area contributed by atoms with Crippen molar-refractivity contribution in [1.82, 2.24) is 10.3 Å². The van der Waals surface area contributed by atoms with E-state index in [1.165, 1.54) is 20.8 Å². The molecular weight excluding hydrogens is 386 g/mol. The topological polar surface area (TPSA) is 118 Å². The molecule has 8 nitrogen and oxygen atoms in total. The summed E-state index contributed by atoms with van der Waals surface area (Å²) in [6, 6.07) is 7.14. The maximum absolute atomic E-state index is 13.2. The molecule has 2 aromatic rings. The van der Waals surface area contributed by atoms with E-state index < -0.39 is 34.5 Å². The lowest BCUT2D eigenvalue weighted by Crippen LogP contribution is -2.58. The average Bonchev–Trinajstić information content (AvgIpc) is 2.59. The minimum atomic E-state index is -1.53. The van der Waals surface area contributed by atoms with Gasteiger partial charge in [0.1, 0.15) is 11.1 Å². The number of carboxylic acid groups (broad SMARTS) is 1. The lowest BCUT2D eigenvalue weighted by Gasteiger charge is -2.35. The van der Waals surface area contributed by atoms with Crippen LogP contribution in [0.4, 0.5) is 10.5 Å². The highest BCUT2D eigenvalue weighted by atomic mass is 16.6. The van der Waals surface area contributed by atoms with Gasteiger partial charge in [0, 0.05) is 23.5 Å². The fourth-order valence-electron chi connectivity index (χ4n) is 3.10. The highest BCUT2D eigenvalue weighted by Crippen LogP contribution is 2.30. The number of anilines is 1. The van der Waals surface area contributed by atoms with Crippen molar-refractivity contribution < 1.29 is 24.2 Å². The van der Waals surface area contributed by atoms with Crippen LogP contribution >= 0.6 is 0 Å². The standard InChI is InChI=1S/C22H29N3O5/c1-20(2,3)30-19(29)25-22(6,13-21(4,5)18(27)28)17(26)24-16-8-7-15-12-23-10-9-14(15)11-16/h7-12H,13H2,1-6H3,(H,24,26)(H,25,29)(H,27,28). The molecule has 0 aliphatic rings. The third-order valence-electron chi connectivity index (χ3n) is 4.55. The second-order valence-electron chi connectivity index (χ2n) is 9.22. The molecular formula is C22H29N3O5. The number of carbonyl (C=O) groups is 3. The summed E-state index contributed by atoms with van der Waals surface area (Å²) in [5.41, 5.74) is -3.05. The van der Waals surface area contributed by atoms with Gasteiger partial charge in [-0.25, -0.2) is 4.79 Å². The van der Waals surface area contributed by atoms with Crippen molar-refractivity contribution in [2.75, 3.05) is 5.32 Å². The molecule has 30 heavy (non-hydrogen) atoms. The van der Waals surface area contributed by atoms with E-state index in [-0.39, 0.29) is 6.42 Å². The molecule has 0 saturated carbocycles. The Hall–Kier alpha value is -3.16. The fourth-order valence-corrected chi connectivity index (χ4v) is 3.10. The third-order valence-corrected chi connectivity index (χ3v) is 4.55. The minimum absolute atomic E-state index is 0.141. The first-order valence-corrected chi connectivity index (χ1v) is 9.62. The van der Waals surface area contributed by atoms with Gasteiger partial charge < -0.3 is 20.5 Å². The molecule has 0 aliphatic carbocycles. The maximum atomic E-state index is 13.2. The molecule has 0 aliphatic heterocycles. The van der Waals surface area contributed by atoms with Crippen LogP contribution in [0.25, 0.3) is 10.8 Å². The third kappa shape index (κ3) is 5.92. The fraction of sp³-hybridized carbons (Fsp3) is 0.455. The van der Waals surface area contributed by atoms with Gasteiger partial charge >= 0.3 is 12.1 Å². The Labute approximate surface area is 176 Å². The number of nitrogens with zero attached hydrogens (tertiary/aromatic N) is 1. The van der Waals surface area contributed by atoms with Gasteiger partial charge in [-0.1, -0.05) is 6.07 Å². The summed E-state index contributed by atoms with van der Waals surface area (Å²) in [6.45, 7) is 9.60. The van der Waals surface area contributed by atoms with E-state index in [4.69, 9.17) is 4.74 Å². The van der Waals surface area contributed by atoms with Gasteiger partial charge in [0.05, 0.1) is 5.41 Å². The molecule has 0 radical (unpaired) electrons. The number of ether oxygens (including phenoxy) is 1. The van der Waals surface area contributed by atoms with Gasteiger partial charge in [-0.15, -0.1) is 0 Å². The summed E-state index contributed by atoms with van der Waals surface area (Å²) in [7, 11) is 0. The normalized spacial score (nSPS) is 13.9. The van der Waals surface area contributed by atoms with Gasteiger partial charge in [-0.3, -0.25) is 14.6 Å². The Morgan fingerprint density at radius 1 is 1.03 bits per heavy atom. The lowest BCUT2D eigenvalue weighted by atomic mass is 9.78. The largest absolute Gasteiger partial charge is 0.481 e. The van der Waals surface area contributed by atoms with Crippen LogP contribution in [0.1, 0.15) is 48.0 Å². The van der Waals surface area contributed by atoms with Gasteiger partial charge in [0.2, 0.25) is 5.91 Å². The van der Waals surface area contributed by atoms with Crippen LogP contribution in [-0.4, -0.2) is 39.2 Å². The molecule has 1 aromatic heterocycles.